The van der Waals surface area contributed by atoms with E-state index >= 15 is 0 Å². The van der Waals surface area contributed by atoms with Crippen LogP contribution < -0.4 is 15.8 Å². The minimum Gasteiger partial charge on any atom is -0.387 e. The summed E-state index contributed by atoms with van der Waals surface area (Å²) in [5, 5.41) is 11.5. The Morgan fingerprint density at radius 1 is 1.12 bits per heavy atom. The molecule has 33 heavy (non-hydrogen) atoms. The smallest absolute Gasteiger partial charge is 0.248 e. The van der Waals surface area contributed by atoms with Gasteiger partial charge in [-0.3, -0.25) is 4.79 Å². The lowest BCUT2D eigenvalue weighted by molar-refractivity contribution is -0.136. The number of piperazine rings is 1. The van der Waals surface area contributed by atoms with Crippen molar-refractivity contribution >= 4 is 17.3 Å². The normalized spacial score (nSPS) is 19.2. The third-order valence-corrected chi connectivity index (χ3v) is 7.20. The molecule has 4 rings (SSSR count). The van der Waals surface area contributed by atoms with Gasteiger partial charge in [-0.25, -0.2) is 5.84 Å². The molecule has 0 bridgehead atoms. The Hall–Kier alpha value is -2.57. The van der Waals surface area contributed by atoms with Crippen LogP contribution in [-0.2, 0) is 17.6 Å². The second kappa shape index (κ2) is 11.0. The second-order valence-electron chi connectivity index (χ2n) is 9.44. The number of carbonyl (C=O) groups excluding carboxylic acids is 1. The third-order valence-electron chi connectivity index (χ3n) is 7.20. The fourth-order valence-electron chi connectivity index (χ4n) is 5.42. The van der Waals surface area contributed by atoms with Gasteiger partial charge < -0.3 is 19.9 Å². The molecule has 1 saturated carbocycles. The van der Waals surface area contributed by atoms with Crippen molar-refractivity contribution in [2.24, 2.45) is 5.84 Å². The number of nitrogens with zero attached hydrogens (tertiary/aromatic N) is 3. The van der Waals surface area contributed by atoms with Gasteiger partial charge in [0.2, 0.25) is 5.91 Å². The maximum atomic E-state index is 12.5. The molecule has 1 aliphatic heterocycles. The number of aliphatic hydroxyl groups is 1. The van der Waals surface area contributed by atoms with Crippen molar-refractivity contribution in [2.75, 3.05) is 36.1 Å². The zero-order chi connectivity index (χ0) is 23.2. The van der Waals surface area contributed by atoms with E-state index in [-0.39, 0.29) is 11.9 Å². The highest BCUT2D eigenvalue weighted by Crippen LogP contribution is 2.33. The molecular weight excluding hydrogens is 412 g/mol. The fourth-order valence-corrected chi connectivity index (χ4v) is 5.42. The molecule has 6 nitrogen and oxygen atoms in total. The summed E-state index contributed by atoms with van der Waals surface area (Å²) < 4.78 is 0. The lowest BCUT2D eigenvalue weighted by Gasteiger charge is -2.43. The molecule has 0 radical (unpaired) electrons. The van der Waals surface area contributed by atoms with Crippen molar-refractivity contribution in [3.63, 3.8) is 0 Å². The van der Waals surface area contributed by atoms with Gasteiger partial charge >= 0.3 is 0 Å². The van der Waals surface area contributed by atoms with E-state index < -0.39 is 6.61 Å². The number of benzene rings is 2. The Morgan fingerprint density at radius 3 is 2.58 bits per heavy atom. The van der Waals surface area contributed by atoms with Gasteiger partial charge in [-0.05, 0) is 48.9 Å². The van der Waals surface area contributed by atoms with Crippen molar-refractivity contribution < 1.29 is 9.90 Å². The number of aliphatic hydroxyl groups excluding tert-OH is 1. The van der Waals surface area contributed by atoms with Gasteiger partial charge in [0.25, 0.3) is 0 Å². The molecular formula is C27H38N4O2. The van der Waals surface area contributed by atoms with Crippen LogP contribution in [0.5, 0.6) is 0 Å². The molecule has 3 N–H and O–H groups in total. The van der Waals surface area contributed by atoms with E-state index in [1.165, 1.54) is 24.0 Å². The lowest BCUT2D eigenvalue weighted by Crippen LogP contribution is -2.56. The van der Waals surface area contributed by atoms with Gasteiger partial charge in [0.1, 0.15) is 6.61 Å². The van der Waals surface area contributed by atoms with Crippen molar-refractivity contribution in [3.05, 3.63) is 59.7 Å². The van der Waals surface area contributed by atoms with E-state index in [9.17, 15) is 9.90 Å². The zero-order valence-corrected chi connectivity index (χ0v) is 19.8. The Labute approximate surface area is 197 Å². The number of amides is 1. The van der Waals surface area contributed by atoms with Crippen LogP contribution in [0.25, 0.3) is 0 Å². The van der Waals surface area contributed by atoms with Gasteiger partial charge in [0.15, 0.2) is 0 Å². The number of anilines is 2. The molecule has 1 saturated heterocycles. The van der Waals surface area contributed by atoms with Crippen molar-refractivity contribution in [1.82, 2.24) is 4.90 Å². The number of hydrogen-bond acceptors (Lipinski definition) is 5. The first-order valence-corrected chi connectivity index (χ1v) is 12.5. The Balaban J connectivity index is 1.58. The monoisotopic (exact) mass is 450 g/mol. The van der Waals surface area contributed by atoms with Crippen LogP contribution in [0.3, 0.4) is 0 Å². The van der Waals surface area contributed by atoms with Crippen LogP contribution in [0, 0.1) is 0 Å². The molecule has 6 heteroatoms. The molecule has 1 heterocycles. The van der Waals surface area contributed by atoms with E-state index in [0.717, 1.165) is 56.6 Å². The van der Waals surface area contributed by atoms with Crippen LogP contribution in [0.2, 0.25) is 0 Å². The highest BCUT2D eigenvalue weighted by atomic mass is 16.3. The molecule has 2 fully saturated rings. The zero-order valence-electron chi connectivity index (χ0n) is 19.8. The Bertz CT molecular complexity index is 914. The number of carbonyl (C=O) groups is 1. The molecule has 2 aliphatic rings. The molecule has 1 amide bonds. The Kier molecular flexibility index (Phi) is 7.89. The molecule has 0 aromatic heterocycles. The summed E-state index contributed by atoms with van der Waals surface area (Å²) in [7, 11) is 0. The van der Waals surface area contributed by atoms with Crippen LogP contribution in [-0.4, -0.2) is 54.2 Å². The molecule has 1 aliphatic carbocycles. The second-order valence-corrected chi connectivity index (χ2v) is 9.44. The van der Waals surface area contributed by atoms with Crippen molar-refractivity contribution in [3.8, 4) is 0 Å². The third kappa shape index (κ3) is 5.50. The van der Waals surface area contributed by atoms with Crippen LogP contribution in [0.15, 0.2) is 48.5 Å². The lowest BCUT2D eigenvalue weighted by atomic mass is 10.0. The SMILES string of the molecule is CCCc1ccc(N2CCN(C(=O)CO)C(Cc3ccccc3)C2)cc1N(N)C1CCCC1. The first kappa shape index (κ1) is 23.6. The minimum atomic E-state index is -0.440. The molecule has 178 valence electrons. The fraction of sp³-hybridized carbons (Fsp3) is 0.519. The average Bonchev–Trinajstić information content (AvgIpc) is 3.39. The number of rotatable bonds is 8. The van der Waals surface area contributed by atoms with E-state index in [1.54, 1.807) is 0 Å². The number of nitrogens with two attached hydrogens (primary N) is 1. The summed E-state index contributed by atoms with van der Waals surface area (Å²) in [5.41, 5.74) is 4.82. The quantitative estimate of drug-likeness (QED) is 0.476. The van der Waals surface area contributed by atoms with Crippen LogP contribution >= 0.6 is 0 Å². The number of hydrazine groups is 1. The number of hydrogen-bond donors (Lipinski definition) is 2. The highest BCUT2D eigenvalue weighted by Gasteiger charge is 2.31. The van der Waals surface area contributed by atoms with Crippen LogP contribution in [0.1, 0.15) is 50.2 Å². The van der Waals surface area contributed by atoms with Crippen LogP contribution in [0.4, 0.5) is 11.4 Å². The summed E-state index contributed by atoms with van der Waals surface area (Å²) in [4.78, 5) is 16.7. The molecule has 1 unspecified atom stereocenters. The summed E-state index contributed by atoms with van der Waals surface area (Å²) in [6.07, 6.45) is 7.71. The molecule has 0 spiro atoms. The van der Waals surface area contributed by atoms with Crippen molar-refractivity contribution in [1.29, 1.82) is 0 Å². The van der Waals surface area contributed by atoms with E-state index in [2.05, 4.69) is 42.2 Å². The van der Waals surface area contributed by atoms with E-state index in [1.807, 2.05) is 28.1 Å². The average molecular weight is 451 g/mol. The maximum absolute atomic E-state index is 12.5. The maximum Gasteiger partial charge on any atom is 0.248 e. The predicted octanol–water partition coefficient (Wildman–Crippen LogP) is 3.51. The minimum absolute atomic E-state index is 0.0170. The van der Waals surface area contributed by atoms with E-state index in [0.29, 0.717) is 12.6 Å². The Morgan fingerprint density at radius 2 is 1.88 bits per heavy atom. The summed E-state index contributed by atoms with van der Waals surface area (Å²) in [5.74, 6) is 6.48. The first-order chi connectivity index (χ1) is 16.1. The largest absolute Gasteiger partial charge is 0.387 e. The van der Waals surface area contributed by atoms with Gasteiger partial charge in [-0.2, -0.15) is 0 Å². The topological polar surface area (TPSA) is 73.0 Å². The number of aryl methyl sites for hydroxylation is 1. The van der Waals surface area contributed by atoms with Crippen molar-refractivity contribution in [2.45, 2.75) is 64.0 Å². The molecule has 1 atom stereocenters. The first-order valence-electron chi connectivity index (χ1n) is 12.5. The summed E-state index contributed by atoms with van der Waals surface area (Å²) >= 11 is 0. The van der Waals surface area contributed by atoms with E-state index in [4.69, 9.17) is 5.84 Å². The van der Waals surface area contributed by atoms with Gasteiger partial charge in [0, 0.05) is 31.4 Å². The van der Waals surface area contributed by atoms with Gasteiger partial charge in [0.05, 0.1) is 11.7 Å². The molecule has 2 aromatic rings. The van der Waals surface area contributed by atoms with Gasteiger partial charge in [-0.1, -0.05) is 62.6 Å². The van der Waals surface area contributed by atoms with Gasteiger partial charge in [-0.15, -0.1) is 0 Å². The molecule has 2 aromatic carbocycles. The summed E-state index contributed by atoms with van der Waals surface area (Å²) in [6.45, 7) is 3.86. The summed E-state index contributed by atoms with van der Waals surface area (Å²) in [6, 6.07) is 17.4. The standard InChI is InChI=1S/C27H38N4O2/c1-2-8-22-13-14-24(18-26(22)31(28)23-11-6-7-12-23)29-15-16-30(27(33)20-32)25(19-29)17-21-9-4-3-5-10-21/h3-5,9-10,13-14,18,23,25,32H,2,6-8,11-12,15-17,19-20,28H2,1H3. The highest BCUT2D eigenvalue weighted by molar-refractivity contribution is 5.78. The predicted molar refractivity (Wildman–Crippen MR) is 134 cm³/mol.